The minimum absolute atomic E-state index is 0.153. The van der Waals surface area contributed by atoms with Crippen LogP contribution in [0.25, 0.3) is 0 Å². The van der Waals surface area contributed by atoms with E-state index in [4.69, 9.17) is 9.47 Å². The molecule has 1 aliphatic rings. The van der Waals surface area contributed by atoms with E-state index in [9.17, 15) is 14.7 Å². The van der Waals surface area contributed by atoms with Crippen LogP contribution in [-0.4, -0.2) is 31.2 Å². The summed E-state index contributed by atoms with van der Waals surface area (Å²) in [5.41, 5.74) is 0.595. The summed E-state index contributed by atoms with van der Waals surface area (Å²) in [7, 11) is 0. The van der Waals surface area contributed by atoms with E-state index in [2.05, 4.69) is 5.32 Å². The van der Waals surface area contributed by atoms with Crippen molar-refractivity contribution in [3.8, 4) is 5.75 Å². The zero-order chi connectivity index (χ0) is 15.9. The molecule has 6 heteroatoms. The van der Waals surface area contributed by atoms with Crippen LogP contribution >= 0.6 is 0 Å². The van der Waals surface area contributed by atoms with Crippen LogP contribution in [-0.2, 0) is 14.3 Å². The number of carbonyl (C=O) groups excluding carboxylic acids is 2. The van der Waals surface area contributed by atoms with Crippen molar-refractivity contribution in [3.63, 3.8) is 0 Å². The molecule has 1 heterocycles. The van der Waals surface area contributed by atoms with E-state index in [1.807, 2.05) is 6.92 Å². The zero-order valence-corrected chi connectivity index (χ0v) is 12.5. The van der Waals surface area contributed by atoms with Gasteiger partial charge in [0.25, 0.3) is 0 Å². The fourth-order valence-electron chi connectivity index (χ4n) is 2.50. The molecule has 1 amide bonds. The molecule has 0 unspecified atom stereocenters. The van der Waals surface area contributed by atoms with Crippen molar-refractivity contribution in [1.82, 2.24) is 0 Å². The van der Waals surface area contributed by atoms with Crippen LogP contribution in [0.3, 0.4) is 0 Å². The second-order valence-electron chi connectivity index (χ2n) is 5.19. The van der Waals surface area contributed by atoms with Crippen molar-refractivity contribution in [2.24, 2.45) is 5.92 Å². The molecule has 2 atom stereocenters. The number of rotatable bonds is 7. The Hall–Kier alpha value is -2.08. The Labute approximate surface area is 129 Å². The molecule has 0 bridgehead atoms. The number of carboxylic acids is 1. The van der Waals surface area contributed by atoms with Gasteiger partial charge in [0.15, 0.2) is 0 Å². The molecule has 1 aromatic carbocycles. The normalized spacial score (nSPS) is 18.7. The van der Waals surface area contributed by atoms with E-state index >= 15 is 0 Å². The molecule has 0 radical (unpaired) electrons. The molecule has 0 spiro atoms. The van der Waals surface area contributed by atoms with Crippen molar-refractivity contribution in [2.45, 2.75) is 32.3 Å². The number of anilines is 1. The fraction of sp³-hybridized carbons (Fsp3) is 0.500. The van der Waals surface area contributed by atoms with Gasteiger partial charge in [0.1, 0.15) is 5.75 Å². The third-order valence-corrected chi connectivity index (χ3v) is 3.57. The molecule has 0 saturated carbocycles. The Morgan fingerprint density at radius 3 is 2.68 bits per heavy atom. The van der Waals surface area contributed by atoms with Crippen molar-refractivity contribution >= 4 is 17.6 Å². The molecule has 6 nitrogen and oxygen atoms in total. The largest absolute Gasteiger partial charge is 0.550 e. The van der Waals surface area contributed by atoms with Gasteiger partial charge >= 0.3 is 0 Å². The topological polar surface area (TPSA) is 87.7 Å². The van der Waals surface area contributed by atoms with Crippen LogP contribution in [0, 0.1) is 5.92 Å². The lowest BCUT2D eigenvalue weighted by Crippen LogP contribution is -2.40. The van der Waals surface area contributed by atoms with Gasteiger partial charge in [0, 0.05) is 30.6 Å². The van der Waals surface area contributed by atoms with Gasteiger partial charge in [-0.25, -0.2) is 0 Å². The molecule has 0 aromatic heterocycles. The lowest BCUT2D eigenvalue weighted by Gasteiger charge is -2.23. The van der Waals surface area contributed by atoms with Crippen LogP contribution in [0.4, 0.5) is 5.69 Å². The maximum absolute atomic E-state index is 12.0. The number of hydrogen-bond acceptors (Lipinski definition) is 5. The first-order valence-electron chi connectivity index (χ1n) is 7.45. The first-order chi connectivity index (χ1) is 10.6. The van der Waals surface area contributed by atoms with Crippen LogP contribution < -0.4 is 15.2 Å². The highest BCUT2D eigenvalue weighted by Crippen LogP contribution is 2.23. The lowest BCUT2D eigenvalue weighted by molar-refractivity contribution is -0.314. The maximum atomic E-state index is 12.0. The number of ether oxygens (including phenoxy) is 2. The SMILES string of the molecule is CCOc1ccc(NC(=O)C[C@@H](C(=O)[O-])[C@H]2CCCO2)cc1. The molecule has 1 saturated heterocycles. The standard InChI is InChI=1S/C16H21NO5/c1-2-21-12-7-5-11(6-8-12)17-15(18)10-13(16(19)20)14-4-3-9-22-14/h5-8,13-14H,2-4,9-10H2,1H3,(H,17,18)(H,19,20)/p-1/t13-,14-/m1/s1. The van der Waals surface area contributed by atoms with E-state index in [-0.39, 0.29) is 12.3 Å². The third kappa shape index (κ3) is 4.46. The predicted molar refractivity (Wildman–Crippen MR) is 78.3 cm³/mol. The number of nitrogens with one attached hydrogen (secondary N) is 1. The molecular weight excluding hydrogens is 286 g/mol. The third-order valence-electron chi connectivity index (χ3n) is 3.57. The molecule has 0 aliphatic carbocycles. The van der Waals surface area contributed by atoms with Crippen LogP contribution in [0.2, 0.25) is 0 Å². The molecule has 22 heavy (non-hydrogen) atoms. The summed E-state index contributed by atoms with van der Waals surface area (Å²) in [5, 5.41) is 13.9. The highest BCUT2D eigenvalue weighted by atomic mass is 16.5. The predicted octanol–water partition coefficient (Wildman–Crippen LogP) is 0.959. The Balaban J connectivity index is 1.91. The highest BCUT2D eigenvalue weighted by molar-refractivity contribution is 5.93. The molecule has 1 N–H and O–H groups in total. The second-order valence-corrected chi connectivity index (χ2v) is 5.19. The maximum Gasteiger partial charge on any atom is 0.225 e. The Morgan fingerprint density at radius 2 is 2.14 bits per heavy atom. The van der Waals surface area contributed by atoms with Crippen molar-refractivity contribution in [3.05, 3.63) is 24.3 Å². The minimum Gasteiger partial charge on any atom is -0.550 e. The molecule has 1 fully saturated rings. The molecule has 2 rings (SSSR count). The van der Waals surface area contributed by atoms with E-state index < -0.39 is 18.0 Å². The summed E-state index contributed by atoms with van der Waals surface area (Å²) in [6, 6.07) is 6.91. The number of amides is 1. The summed E-state index contributed by atoms with van der Waals surface area (Å²) in [5.74, 6) is -1.81. The second kappa shape index (κ2) is 7.79. The average Bonchev–Trinajstić information content (AvgIpc) is 3.01. The summed E-state index contributed by atoms with van der Waals surface area (Å²) in [6.45, 7) is 3.00. The number of hydrogen-bond donors (Lipinski definition) is 1. The van der Waals surface area contributed by atoms with Crippen molar-refractivity contribution in [2.75, 3.05) is 18.5 Å². The fourth-order valence-corrected chi connectivity index (χ4v) is 2.50. The summed E-state index contributed by atoms with van der Waals surface area (Å²) >= 11 is 0. The number of carbonyl (C=O) groups is 2. The summed E-state index contributed by atoms with van der Waals surface area (Å²) in [4.78, 5) is 23.2. The van der Waals surface area contributed by atoms with E-state index in [0.717, 1.165) is 6.42 Å². The minimum atomic E-state index is -1.24. The zero-order valence-electron chi connectivity index (χ0n) is 12.5. The van der Waals surface area contributed by atoms with Gasteiger partial charge in [-0.15, -0.1) is 0 Å². The van der Waals surface area contributed by atoms with Gasteiger partial charge < -0.3 is 24.7 Å². The van der Waals surface area contributed by atoms with Gasteiger partial charge in [0.2, 0.25) is 5.91 Å². The van der Waals surface area contributed by atoms with Crippen molar-refractivity contribution in [1.29, 1.82) is 0 Å². The van der Waals surface area contributed by atoms with Gasteiger partial charge in [0.05, 0.1) is 12.7 Å². The van der Waals surface area contributed by atoms with E-state index in [0.29, 0.717) is 31.1 Å². The first-order valence-corrected chi connectivity index (χ1v) is 7.45. The Kier molecular flexibility index (Phi) is 5.77. The van der Waals surface area contributed by atoms with Crippen LogP contribution in [0.5, 0.6) is 5.75 Å². The number of carboxylic acid groups (broad SMARTS) is 1. The monoisotopic (exact) mass is 306 g/mol. The van der Waals surface area contributed by atoms with Gasteiger partial charge in [-0.2, -0.15) is 0 Å². The lowest BCUT2D eigenvalue weighted by atomic mass is 9.96. The van der Waals surface area contributed by atoms with E-state index in [1.54, 1.807) is 24.3 Å². The first kappa shape index (κ1) is 16.3. The van der Waals surface area contributed by atoms with E-state index in [1.165, 1.54) is 0 Å². The highest BCUT2D eigenvalue weighted by Gasteiger charge is 2.28. The average molecular weight is 306 g/mol. The van der Waals surface area contributed by atoms with Crippen LogP contribution in [0.15, 0.2) is 24.3 Å². The Morgan fingerprint density at radius 1 is 1.41 bits per heavy atom. The molecule has 120 valence electrons. The number of benzene rings is 1. The molecule has 1 aliphatic heterocycles. The smallest absolute Gasteiger partial charge is 0.225 e. The summed E-state index contributed by atoms with van der Waals surface area (Å²) < 4.78 is 10.7. The molecular formula is C16H20NO5-. The Bertz CT molecular complexity index is 508. The van der Waals surface area contributed by atoms with Gasteiger partial charge in [-0.05, 0) is 44.0 Å². The summed E-state index contributed by atoms with van der Waals surface area (Å²) in [6.07, 6.45) is 0.875. The molecule has 1 aromatic rings. The quantitative estimate of drug-likeness (QED) is 0.810. The number of aliphatic carboxylic acids is 1. The van der Waals surface area contributed by atoms with Crippen molar-refractivity contribution < 1.29 is 24.2 Å². The van der Waals surface area contributed by atoms with Gasteiger partial charge in [-0.1, -0.05) is 0 Å². The van der Waals surface area contributed by atoms with Gasteiger partial charge in [-0.3, -0.25) is 4.79 Å². The van der Waals surface area contributed by atoms with Crippen LogP contribution in [0.1, 0.15) is 26.2 Å².